The molecule has 5 rings (SSSR count). The number of likely N-dealkylation sites (tertiary alicyclic amines) is 1. The number of hydrogen-bond acceptors (Lipinski definition) is 6. The highest BCUT2D eigenvalue weighted by atomic mass is 16.5. The first kappa shape index (κ1) is 17.7. The number of hydrogen-bond donors (Lipinski definition) is 0. The largest absolute Gasteiger partial charge is 0.381 e. The van der Waals surface area contributed by atoms with E-state index in [2.05, 4.69) is 16.8 Å². The first-order valence-electron chi connectivity index (χ1n) is 10.3. The van der Waals surface area contributed by atoms with E-state index in [0.29, 0.717) is 11.8 Å². The lowest BCUT2D eigenvalue weighted by atomic mass is 10.00. The van der Waals surface area contributed by atoms with E-state index in [4.69, 9.17) is 19.8 Å². The molecule has 3 aromatic rings. The van der Waals surface area contributed by atoms with Crippen LogP contribution in [0.4, 0.5) is 0 Å². The number of nitrogens with zero attached hydrogens (tertiary/aromatic N) is 6. The van der Waals surface area contributed by atoms with E-state index >= 15 is 0 Å². The monoisotopic (exact) mass is 378 g/mol. The molecule has 1 aromatic carbocycles. The van der Waals surface area contributed by atoms with Gasteiger partial charge in [-0.3, -0.25) is 4.98 Å². The van der Waals surface area contributed by atoms with Crippen LogP contribution in [0.15, 0.2) is 30.5 Å². The lowest BCUT2D eigenvalue weighted by Crippen LogP contribution is -2.20. The Morgan fingerprint density at radius 2 is 1.86 bits per heavy atom. The SMILES string of the molecule is CCN1CC[C@H](c2nc(C3CCOCC3)nn2-c2cnc3ccccc3n2)C1. The van der Waals surface area contributed by atoms with Gasteiger partial charge in [-0.15, -0.1) is 5.10 Å². The van der Waals surface area contributed by atoms with Crippen LogP contribution >= 0.6 is 0 Å². The molecule has 0 radical (unpaired) electrons. The predicted octanol–water partition coefficient (Wildman–Crippen LogP) is 2.91. The normalized spacial score (nSPS) is 21.5. The molecule has 1 atom stereocenters. The van der Waals surface area contributed by atoms with Crippen LogP contribution in [0, 0.1) is 0 Å². The molecule has 28 heavy (non-hydrogen) atoms. The molecule has 0 amide bonds. The van der Waals surface area contributed by atoms with Crippen molar-refractivity contribution >= 4 is 11.0 Å². The number of aromatic nitrogens is 5. The van der Waals surface area contributed by atoms with Crippen molar-refractivity contribution in [2.75, 3.05) is 32.8 Å². The number of rotatable bonds is 4. The fourth-order valence-corrected chi connectivity index (χ4v) is 4.28. The Bertz CT molecular complexity index is 964. The van der Waals surface area contributed by atoms with Gasteiger partial charge in [-0.05, 0) is 44.5 Å². The molecule has 2 fully saturated rings. The standard InChI is InChI=1S/C21H26N6O/c1-2-26-10-7-16(14-26)21-24-20(15-8-11-28-12-9-15)25-27(21)19-13-22-17-5-3-4-6-18(17)23-19/h3-6,13,15-16H,2,7-12,14H2,1H3/t16-/m0/s1. The van der Waals surface area contributed by atoms with Crippen LogP contribution in [0.1, 0.15) is 49.7 Å². The van der Waals surface area contributed by atoms with Gasteiger partial charge in [-0.2, -0.15) is 4.68 Å². The summed E-state index contributed by atoms with van der Waals surface area (Å²) in [6, 6.07) is 7.96. The van der Waals surface area contributed by atoms with Gasteiger partial charge >= 0.3 is 0 Å². The summed E-state index contributed by atoms with van der Waals surface area (Å²) in [5.41, 5.74) is 1.78. The highest BCUT2D eigenvalue weighted by Gasteiger charge is 2.30. The lowest BCUT2D eigenvalue weighted by Gasteiger charge is -2.18. The average Bonchev–Trinajstić information content (AvgIpc) is 3.41. The van der Waals surface area contributed by atoms with Crippen molar-refractivity contribution in [3.8, 4) is 5.82 Å². The summed E-state index contributed by atoms with van der Waals surface area (Å²) in [7, 11) is 0. The van der Waals surface area contributed by atoms with Crippen molar-refractivity contribution in [3.05, 3.63) is 42.1 Å². The molecule has 2 aliphatic heterocycles. The highest BCUT2D eigenvalue weighted by Crippen LogP contribution is 2.31. The summed E-state index contributed by atoms with van der Waals surface area (Å²) in [5.74, 6) is 3.47. The highest BCUT2D eigenvalue weighted by molar-refractivity contribution is 5.74. The molecule has 7 heteroatoms. The van der Waals surface area contributed by atoms with Crippen molar-refractivity contribution in [1.82, 2.24) is 29.6 Å². The van der Waals surface area contributed by atoms with Crippen molar-refractivity contribution in [1.29, 1.82) is 0 Å². The second-order valence-corrected chi connectivity index (χ2v) is 7.72. The van der Waals surface area contributed by atoms with Gasteiger partial charge in [-0.25, -0.2) is 9.97 Å². The number of benzene rings is 1. The van der Waals surface area contributed by atoms with Crippen LogP contribution < -0.4 is 0 Å². The van der Waals surface area contributed by atoms with Crippen molar-refractivity contribution in [3.63, 3.8) is 0 Å². The summed E-state index contributed by atoms with van der Waals surface area (Å²) in [6.07, 6.45) is 4.90. The van der Waals surface area contributed by atoms with Crippen LogP contribution in [-0.2, 0) is 4.74 Å². The molecule has 2 saturated heterocycles. The summed E-state index contributed by atoms with van der Waals surface area (Å²) in [4.78, 5) is 17.0. The van der Waals surface area contributed by atoms with Crippen LogP contribution in [-0.4, -0.2) is 62.5 Å². The Balaban J connectivity index is 1.56. The Morgan fingerprint density at radius 1 is 1.04 bits per heavy atom. The van der Waals surface area contributed by atoms with Crippen LogP contribution in [0.5, 0.6) is 0 Å². The fourth-order valence-electron chi connectivity index (χ4n) is 4.28. The summed E-state index contributed by atoms with van der Waals surface area (Å²) in [6.45, 7) is 7.02. The van der Waals surface area contributed by atoms with Gasteiger partial charge in [0, 0.05) is 31.6 Å². The molecule has 7 nitrogen and oxygen atoms in total. The van der Waals surface area contributed by atoms with E-state index in [0.717, 1.165) is 80.6 Å². The molecule has 0 saturated carbocycles. The van der Waals surface area contributed by atoms with E-state index in [1.807, 2.05) is 35.1 Å². The smallest absolute Gasteiger partial charge is 0.174 e. The number of ether oxygens (including phenoxy) is 1. The Hall–Kier alpha value is -2.38. The van der Waals surface area contributed by atoms with Crippen LogP contribution in [0.25, 0.3) is 16.9 Å². The molecule has 0 aliphatic carbocycles. The quantitative estimate of drug-likeness (QED) is 0.695. The Labute approximate surface area is 164 Å². The summed E-state index contributed by atoms with van der Waals surface area (Å²) < 4.78 is 7.48. The van der Waals surface area contributed by atoms with Gasteiger partial charge in [0.05, 0.1) is 17.2 Å². The third-order valence-electron chi connectivity index (χ3n) is 5.97. The van der Waals surface area contributed by atoms with E-state index in [9.17, 15) is 0 Å². The van der Waals surface area contributed by atoms with E-state index in [1.54, 1.807) is 0 Å². The number of fused-ring (bicyclic) bond motifs is 1. The van der Waals surface area contributed by atoms with Gasteiger partial charge in [0.25, 0.3) is 0 Å². The molecular weight excluding hydrogens is 352 g/mol. The molecule has 0 N–H and O–H groups in total. The Kier molecular flexibility index (Phi) is 4.78. The minimum Gasteiger partial charge on any atom is -0.381 e. The topological polar surface area (TPSA) is 69.0 Å². The van der Waals surface area contributed by atoms with E-state index in [1.165, 1.54) is 0 Å². The molecular formula is C21H26N6O. The zero-order chi connectivity index (χ0) is 18.9. The molecule has 0 bridgehead atoms. The molecule has 4 heterocycles. The first-order chi connectivity index (χ1) is 13.8. The molecule has 2 aromatic heterocycles. The fraction of sp³-hybridized carbons (Fsp3) is 0.524. The molecule has 2 aliphatic rings. The van der Waals surface area contributed by atoms with Gasteiger partial charge in [0.1, 0.15) is 5.82 Å². The number of para-hydroxylation sites is 2. The summed E-state index contributed by atoms with van der Waals surface area (Å²) in [5, 5.41) is 4.94. The minimum absolute atomic E-state index is 0.367. The third kappa shape index (κ3) is 3.29. The lowest BCUT2D eigenvalue weighted by molar-refractivity contribution is 0.0836. The van der Waals surface area contributed by atoms with E-state index in [-0.39, 0.29) is 0 Å². The summed E-state index contributed by atoms with van der Waals surface area (Å²) >= 11 is 0. The first-order valence-corrected chi connectivity index (χ1v) is 10.3. The molecule has 146 valence electrons. The number of likely N-dealkylation sites (N-methyl/N-ethyl adjacent to an activating group) is 1. The maximum Gasteiger partial charge on any atom is 0.174 e. The van der Waals surface area contributed by atoms with Crippen molar-refractivity contribution in [2.24, 2.45) is 0 Å². The second kappa shape index (κ2) is 7.56. The maximum atomic E-state index is 5.53. The predicted molar refractivity (Wildman–Crippen MR) is 107 cm³/mol. The van der Waals surface area contributed by atoms with Gasteiger partial charge in [0.15, 0.2) is 11.6 Å². The minimum atomic E-state index is 0.367. The van der Waals surface area contributed by atoms with Gasteiger partial charge in [0.2, 0.25) is 0 Å². The molecule has 0 unspecified atom stereocenters. The van der Waals surface area contributed by atoms with Crippen molar-refractivity contribution < 1.29 is 4.74 Å². The molecule has 0 spiro atoms. The zero-order valence-corrected chi connectivity index (χ0v) is 16.3. The second-order valence-electron chi connectivity index (χ2n) is 7.72. The zero-order valence-electron chi connectivity index (χ0n) is 16.3. The van der Waals surface area contributed by atoms with Crippen LogP contribution in [0.3, 0.4) is 0 Å². The van der Waals surface area contributed by atoms with E-state index < -0.39 is 0 Å². The van der Waals surface area contributed by atoms with Crippen molar-refractivity contribution in [2.45, 2.75) is 38.0 Å². The van der Waals surface area contributed by atoms with Gasteiger partial charge < -0.3 is 9.64 Å². The Morgan fingerprint density at radius 3 is 2.64 bits per heavy atom. The average molecular weight is 378 g/mol. The van der Waals surface area contributed by atoms with Gasteiger partial charge in [-0.1, -0.05) is 19.1 Å². The third-order valence-corrected chi connectivity index (χ3v) is 5.97. The maximum absolute atomic E-state index is 5.53. The van der Waals surface area contributed by atoms with Crippen LogP contribution in [0.2, 0.25) is 0 Å².